The van der Waals surface area contributed by atoms with Crippen molar-refractivity contribution in [2.45, 2.75) is 31.3 Å². The molecule has 1 aliphatic rings. The maximum Gasteiger partial charge on any atom is 0.298 e. The zero-order valence-corrected chi connectivity index (χ0v) is 11.1. The van der Waals surface area contributed by atoms with Gasteiger partial charge in [-0.1, -0.05) is 5.21 Å². The molecule has 12 nitrogen and oxygen atoms in total. The summed E-state index contributed by atoms with van der Waals surface area (Å²) in [5.41, 5.74) is 4.69. The van der Waals surface area contributed by atoms with E-state index in [2.05, 4.69) is 15.4 Å². The number of aliphatic hydroxyl groups excluding tert-OH is 4. The average Bonchev–Trinajstić information content (AvgIpc) is 2.99. The van der Waals surface area contributed by atoms with Gasteiger partial charge < -0.3 is 30.9 Å². The summed E-state index contributed by atoms with van der Waals surface area (Å²) in [6.07, 6.45) is -5.26. The van der Waals surface area contributed by atoms with Gasteiger partial charge in [-0.15, -0.1) is 5.10 Å². The van der Waals surface area contributed by atoms with Crippen LogP contribution in [0.5, 0.6) is 0 Å². The molecule has 0 bridgehead atoms. The van der Waals surface area contributed by atoms with Gasteiger partial charge in [-0.25, -0.2) is 4.68 Å². The fraction of sp³-hybridized carbons (Fsp3) is 0.600. The van der Waals surface area contributed by atoms with Gasteiger partial charge in [0.2, 0.25) is 0 Å². The first-order chi connectivity index (χ1) is 10.5. The fourth-order valence-corrected chi connectivity index (χ4v) is 2.37. The minimum atomic E-state index is -1.48. The second kappa shape index (κ2) is 5.26. The van der Waals surface area contributed by atoms with Gasteiger partial charge in [0.25, 0.3) is 5.56 Å². The molecule has 6 N–H and O–H groups in total. The van der Waals surface area contributed by atoms with E-state index in [4.69, 9.17) is 15.6 Å². The summed E-state index contributed by atoms with van der Waals surface area (Å²) in [7, 11) is 0. The molecule has 3 rings (SSSR count). The van der Waals surface area contributed by atoms with Crippen molar-refractivity contribution in [3.8, 4) is 0 Å². The lowest BCUT2D eigenvalue weighted by Gasteiger charge is -2.15. The van der Waals surface area contributed by atoms with E-state index >= 15 is 0 Å². The quantitative estimate of drug-likeness (QED) is 0.376. The van der Waals surface area contributed by atoms with Crippen molar-refractivity contribution in [1.29, 1.82) is 0 Å². The molecule has 120 valence electrons. The van der Waals surface area contributed by atoms with Gasteiger partial charge in [0.15, 0.2) is 23.1 Å². The summed E-state index contributed by atoms with van der Waals surface area (Å²) in [5.74, 6) is -0.0815. The number of anilines is 1. The maximum absolute atomic E-state index is 12.5. The molecule has 0 aliphatic carbocycles. The molecule has 2 aromatic rings. The van der Waals surface area contributed by atoms with Gasteiger partial charge in [0.05, 0.1) is 6.61 Å². The van der Waals surface area contributed by atoms with Crippen molar-refractivity contribution in [3.63, 3.8) is 0 Å². The highest BCUT2D eigenvalue weighted by molar-refractivity contribution is 5.83. The molecule has 0 saturated carbocycles. The standard InChI is InChI=1S/C10H14N6O6/c11-8-4-5(15(2-18)13-8)9(21)16(14-12-4)10-7(20)6(19)3(1-17)22-10/h3,6-7,10,17-20H,1-2H2,(H2,11,13). The largest absolute Gasteiger partial charge is 0.394 e. The Kier molecular flexibility index (Phi) is 3.54. The third kappa shape index (κ3) is 1.97. The van der Waals surface area contributed by atoms with Crippen LogP contribution in [0.2, 0.25) is 0 Å². The van der Waals surface area contributed by atoms with Crippen molar-refractivity contribution >= 4 is 16.9 Å². The molecule has 1 saturated heterocycles. The van der Waals surface area contributed by atoms with Gasteiger partial charge in [0.1, 0.15) is 25.0 Å². The Morgan fingerprint density at radius 2 is 2.00 bits per heavy atom. The lowest BCUT2D eigenvalue weighted by atomic mass is 10.1. The maximum atomic E-state index is 12.5. The molecule has 0 aromatic carbocycles. The Morgan fingerprint density at radius 3 is 2.59 bits per heavy atom. The van der Waals surface area contributed by atoms with Crippen LogP contribution >= 0.6 is 0 Å². The first-order valence-corrected chi connectivity index (χ1v) is 6.34. The van der Waals surface area contributed by atoms with E-state index in [0.717, 1.165) is 4.68 Å². The van der Waals surface area contributed by atoms with Crippen LogP contribution < -0.4 is 11.3 Å². The molecule has 4 unspecified atom stereocenters. The molecule has 1 fully saturated rings. The fourth-order valence-electron chi connectivity index (χ4n) is 2.37. The van der Waals surface area contributed by atoms with Crippen LogP contribution in [-0.2, 0) is 11.5 Å². The van der Waals surface area contributed by atoms with E-state index in [1.807, 2.05) is 0 Å². The van der Waals surface area contributed by atoms with Crippen molar-refractivity contribution in [1.82, 2.24) is 24.8 Å². The number of rotatable bonds is 3. The summed E-state index contributed by atoms with van der Waals surface area (Å²) in [4.78, 5) is 12.5. The third-order valence-electron chi connectivity index (χ3n) is 3.50. The highest BCUT2D eigenvalue weighted by Gasteiger charge is 2.44. The number of nitrogen functional groups attached to an aromatic ring is 1. The molecule has 1 aliphatic heterocycles. The van der Waals surface area contributed by atoms with E-state index < -0.39 is 43.4 Å². The van der Waals surface area contributed by atoms with Crippen LogP contribution in [0.1, 0.15) is 6.23 Å². The Balaban J connectivity index is 2.13. The Bertz CT molecular complexity index is 758. The summed E-state index contributed by atoms with van der Waals surface area (Å²) < 4.78 is 6.86. The lowest BCUT2D eigenvalue weighted by Crippen LogP contribution is -2.37. The van der Waals surface area contributed by atoms with Crippen molar-refractivity contribution in [3.05, 3.63) is 10.4 Å². The van der Waals surface area contributed by atoms with Crippen LogP contribution in [0, 0.1) is 0 Å². The third-order valence-corrected chi connectivity index (χ3v) is 3.50. The minimum Gasteiger partial charge on any atom is -0.394 e. The second-order valence-corrected chi connectivity index (χ2v) is 4.79. The highest BCUT2D eigenvalue weighted by Crippen LogP contribution is 2.27. The average molecular weight is 314 g/mol. The van der Waals surface area contributed by atoms with Crippen molar-refractivity contribution in [2.24, 2.45) is 0 Å². The number of aliphatic hydroxyl groups is 4. The molecule has 22 heavy (non-hydrogen) atoms. The van der Waals surface area contributed by atoms with E-state index in [1.165, 1.54) is 0 Å². The van der Waals surface area contributed by atoms with E-state index in [-0.39, 0.29) is 16.9 Å². The van der Waals surface area contributed by atoms with Gasteiger partial charge in [0, 0.05) is 0 Å². The number of nitrogens with two attached hydrogens (primary N) is 1. The van der Waals surface area contributed by atoms with Gasteiger partial charge in [-0.2, -0.15) is 9.78 Å². The normalized spacial score (nSPS) is 28.5. The summed E-state index contributed by atoms with van der Waals surface area (Å²) in [6, 6.07) is 0. The number of fused-ring (bicyclic) bond motifs is 1. The smallest absolute Gasteiger partial charge is 0.298 e. The first-order valence-electron chi connectivity index (χ1n) is 6.34. The zero-order valence-electron chi connectivity index (χ0n) is 11.1. The van der Waals surface area contributed by atoms with Crippen LogP contribution in [0.15, 0.2) is 4.79 Å². The SMILES string of the molecule is Nc1nn(CO)c2c(=O)n(C3OC(CO)C(O)C3O)nnc12. The van der Waals surface area contributed by atoms with Crippen molar-refractivity contribution < 1.29 is 25.2 Å². The van der Waals surface area contributed by atoms with E-state index in [0.29, 0.717) is 4.68 Å². The second-order valence-electron chi connectivity index (χ2n) is 4.79. The molecular formula is C10H14N6O6. The molecular weight excluding hydrogens is 300 g/mol. The zero-order chi connectivity index (χ0) is 16.0. The molecule has 2 aromatic heterocycles. The number of nitrogens with zero attached hydrogens (tertiary/aromatic N) is 5. The van der Waals surface area contributed by atoms with Crippen LogP contribution in [0.4, 0.5) is 5.82 Å². The van der Waals surface area contributed by atoms with E-state index in [1.54, 1.807) is 0 Å². The lowest BCUT2D eigenvalue weighted by molar-refractivity contribution is -0.0619. The summed E-state index contributed by atoms with van der Waals surface area (Å²) >= 11 is 0. The Hall–Kier alpha value is -2.12. The molecule has 0 spiro atoms. The summed E-state index contributed by atoms with van der Waals surface area (Å²) in [6.45, 7) is -1.15. The number of hydrogen-bond donors (Lipinski definition) is 5. The van der Waals surface area contributed by atoms with Crippen molar-refractivity contribution in [2.75, 3.05) is 12.3 Å². The Morgan fingerprint density at radius 1 is 1.27 bits per heavy atom. The topological polar surface area (TPSA) is 182 Å². The molecule has 4 atom stereocenters. The van der Waals surface area contributed by atoms with Gasteiger partial charge >= 0.3 is 0 Å². The molecule has 0 radical (unpaired) electrons. The van der Waals surface area contributed by atoms with Gasteiger partial charge in [-0.3, -0.25) is 4.79 Å². The molecule has 0 amide bonds. The summed E-state index contributed by atoms with van der Waals surface area (Å²) in [5, 5.41) is 49.0. The first kappa shape index (κ1) is 14.8. The minimum absolute atomic E-state index is 0.00189. The van der Waals surface area contributed by atoms with Crippen LogP contribution in [-0.4, -0.2) is 70.1 Å². The monoisotopic (exact) mass is 314 g/mol. The van der Waals surface area contributed by atoms with Gasteiger partial charge in [-0.05, 0) is 0 Å². The predicted molar refractivity (Wildman–Crippen MR) is 69.2 cm³/mol. The van der Waals surface area contributed by atoms with E-state index in [9.17, 15) is 20.1 Å². The number of aromatic nitrogens is 5. The molecule has 3 heterocycles. The Labute approximate surface area is 122 Å². The number of ether oxygens (including phenoxy) is 1. The van der Waals surface area contributed by atoms with Crippen LogP contribution in [0.25, 0.3) is 11.0 Å². The number of hydrogen-bond acceptors (Lipinski definition) is 10. The van der Waals surface area contributed by atoms with Crippen LogP contribution in [0.3, 0.4) is 0 Å². The molecule has 12 heteroatoms. The highest BCUT2D eigenvalue weighted by atomic mass is 16.6. The predicted octanol–water partition coefficient (Wildman–Crippen LogP) is -3.87.